The van der Waals surface area contributed by atoms with Gasteiger partial charge in [0.05, 0.1) is 23.9 Å². The molecule has 0 aliphatic rings. The van der Waals surface area contributed by atoms with Crippen LogP contribution in [0, 0.1) is 0 Å². The molecule has 4 aromatic heterocycles. The second kappa shape index (κ2) is 11.2. The number of nitrogens with zero attached hydrogens (tertiary/aromatic N) is 4. The van der Waals surface area contributed by atoms with Gasteiger partial charge in [0.1, 0.15) is 11.6 Å². The quantitative estimate of drug-likeness (QED) is 0.176. The van der Waals surface area contributed by atoms with Crippen LogP contribution >= 0.6 is 0 Å². The molecule has 230 valence electrons. The summed E-state index contributed by atoms with van der Waals surface area (Å²) < 4.78 is 11.9. The Labute approximate surface area is 269 Å². The summed E-state index contributed by atoms with van der Waals surface area (Å²) in [6.07, 6.45) is 7.03. The summed E-state index contributed by atoms with van der Waals surface area (Å²) >= 11 is 0. The predicted molar refractivity (Wildman–Crippen MR) is 188 cm³/mol. The van der Waals surface area contributed by atoms with Gasteiger partial charge in [-0.15, -0.1) is 0 Å². The number of rotatable bonds is 6. The van der Waals surface area contributed by atoms with E-state index in [0.29, 0.717) is 11.8 Å². The van der Waals surface area contributed by atoms with Crippen LogP contribution in [0.1, 0.15) is 52.7 Å². The lowest BCUT2D eigenvalue weighted by Gasteiger charge is -2.32. The van der Waals surface area contributed by atoms with Crippen LogP contribution in [0.2, 0.25) is 0 Å². The number of anilines is 6. The van der Waals surface area contributed by atoms with Crippen LogP contribution < -0.4 is 9.80 Å². The van der Waals surface area contributed by atoms with Gasteiger partial charge < -0.3 is 8.83 Å². The second-order valence-corrected chi connectivity index (χ2v) is 13.7. The lowest BCUT2D eigenvalue weighted by molar-refractivity contribution is 0.572. The van der Waals surface area contributed by atoms with Gasteiger partial charge in [-0.2, -0.15) is 0 Å². The molecule has 3 aromatic carbocycles. The Morgan fingerprint density at radius 3 is 1.24 bits per heavy atom. The van der Waals surface area contributed by atoms with Crippen LogP contribution in [0.25, 0.3) is 21.5 Å². The third kappa shape index (κ3) is 5.20. The molecule has 6 heteroatoms. The van der Waals surface area contributed by atoms with Gasteiger partial charge in [-0.05, 0) is 104 Å². The molecule has 0 fully saturated rings. The molecule has 7 rings (SSSR count). The average molecular weight is 607 g/mol. The fourth-order valence-electron chi connectivity index (χ4n) is 6.61. The lowest BCUT2D eigenvalue weighted by atomic mass is 9.74. The number of aromatic nitrogens is 2. The minimum absolute atomic E-state index is 0.157. The van der Waals surface area contributed by atoms with Crippen LogP contribution in [-0.2, 0) is 10.8 Å². The van der Waals surface area contributed by atoms with Gasteiger partial charge >= 0.3 is 0 Å². The van der Waals surface area contributed by atoms with Crippen molar-refractivity contribution < 1.29 is 8.83 Å². The monoisotopic (exact) mass is 606 g/mol. The Bertz CT molecular complexity index is 1950. The standard InChI is InChI=1S/C40H38N4O2/c1-39(2,3)37-29-19-17-28(44(36-16-12-24-46-36)34-14-8-10-22-42-34)26-32(29)38(40(4,5)6)30-20-18-27(25-31(30)37)43(35-15-11-23-45-35)33-13-7-9-21-41-33/h7-26H,1-6H3. The Morgan fingerprint density at radius 2 is 0.913 bits per heavy atom. The van der Waals surface area contributed by atoms with Gasteiger partial charge in [0.15, 0.2) is 0 Å². The van der Waals surface area contributed by atoms with E-state index in [1.54, 1.807) is 12.5 Å². The fourth-order valence-corrected chi connectivity index (χ4v) is 6.61. The summed E-state index contributed by atoms with van der Waals surface area (Å²) in [4.78, 5) is 13.5. The molecule has 0 saturated carbocycles. The van der Waals surface area contributed by atoms with Crippen molar-refractivity contribution >= 4 is 56.3 Å². The summed E-state index contributed by atoms with van der Waals surface area (Å²) in [5.74, 6) is 3.01. The third-order valence-electron chi connectivity index (χ3n) is 8.31. The first-order chi connectivity index (χ1) is 22.1. The molecule has 0 aliphatic carbocycles. The molecule has 0 aliphatic heterocycles. The first-order valence-electron chi connectivity index (χ1n) is 15.6. The molecule has 0 saturated heterocycles. The number of furan rings is 2. The summed E-state index contributed by atoms with van der Waals surface area (Å²) in [6, 6.07) is 33.1. The predicted octanol–water partition coefficient (Wildman–Crippen LogP) is 11.5. The molecule has 0 radical (unpaired) electrons. The number of benzene rings is 3. The zero-order valence-electron chi connectivity index (χ0n) is 27.2. The highest BCUT2D eigenvalue weighted by molar-refractivity contribution is 6.09. The molecular weight excluding hydrogens is 568 g/mol. The molecule has 0 atom stereocenters. The van der Waals surface area contributed by atoms with E-state index in [4.69, 9.17) is 18.8 Å². The smallest absolute Gasteiger partial charge is 0.205 e. The van der Waals surface area contributed by atoms with E-state index in [0.717, 1.165) is 23.0 Å². The van der Waals surface area contributed by atoms with Crippen molar-refractivity contribution in [3.63, 3.8) is 0 Å². The van der Waals surface area contributed by atoms with Gasteiger partial charge in [0.2, 0.25) is 11.8 Å². The minimum Gasteiger partial charge on any atom is -0.448 e. The molecule has 0 bridgehead atoms. The Hall–Kier alpha value is -5.36. The van der Waals surface area contributed by atoms with Crippen molar-refractivity contribution in [2.75, 3.05) is 9.80 Å². The Morgan fingerprint density at radius 1 is 0.478 bits per heavy atom. The van der Waals surface area contributed by atoms with E-state index in [9.17, 15) is 0 Å². The van der Waals surface area contributed by atoms with Gasteiger partial charge in [-0.1, -0.05) is 65.8 Å². The van der Waals surface area contributed by atoms with Crippen LogP contribution in [-0.4, -0.2) is 9.97 Å². The first kappa shape index (κ1) is 29.4. The number of fused-ring (bicyclic) bond motifs is 2. The maximum Gasteiger partial charge on any atom is 0.205 e. The Kier molecular flexibility index (Phi) is 7.16. The zero-order chi connectivity index (χ0) is 32.1. The summed E-state index contributed by atoms with van der Waals surface area (Å²) in [5, 5.41) is 4.90. The van der Waals surface area contributed by atoms with E-state index in [-0.39, 0.29) is 10.8 Å². The van der Waals surface area contributed by atoms with E-state index >= 15 is 0 Å². The minimum atomic E-state index is -0.157. The van der Waals surface area contributed by atoms with Crippen molar-refractivity contribution in [3.8, 4) is 0 Å². The van der Waals surface area contributed by atoms with Crippen LogP contribution in [0.3, 0.4) is 0 Å². The molecule has 7 aromatic rings. The van der Waals surface area contributed by atoms with Crippen molar-refractivity contribution in [2.45, 2.75) is 52.4 Å². The topological polar surface area (TPSA) is 58.5 Å². The number of hydrogen-bond donors (Lipinski definition) is 0. The van der Waals surface area contributed by atoms with Gasteiger partial charge in [-0.3, -0.25) is 9.80 Å². The highest BCUT2D eigenvalue weighted by atomic mass is 16.3. The molecule has 0 N–H and O–H groups in total. The molecule has 46 heavy (non-hydrogen) atoms. The maximum atomic E-state index is 5.93. The summed E-state index contributed by atoms with van der Waals surface area (Å²) in [5.41, 5.74) is 4.25. The average Bonchev–Trinajstić information content (AvgIpc) is 3.76. The summed E-state index contributed by atoms with van der Waals surface area (Å²) in [6.45, 7) is 13.8. The molecule has 0 spiro atoms. The van der Waals surface area contributed by atoms with E-state index < -0.39 is 0 Å². The number of hydrogen-bond acceptors (Lipinski definition) is 6. The summed E-state index contributed by atoms with van der Waals surface area (Å²) in [7, 11) is 0. The molecule has 4 heterocycles. The highest BCUT2D eigenvalue weighted by Gasteiger charge is 2.29. The van der Waals surface area contributed by atoms with E-state index in [1.165, 1.54) is 32.7 Å². The highest BCUT2D eigenvalue weighted by Crippen LogP contribution is 2.47. The lowest BCUT2D eigenvalue weighted by Crippen LogP contribution is -2.19. The molecule has 6 nitrogen and oxygen atoms in total. The molecule has 0 unspecified atom stereocenters. The first-order valence-corrected chi connectivity index (χ1v) is 15.6. The van der Waals surface area contributed by atoms with Crippen LogP contribution in [0.15, 0.2) is 131 Å². The zero-order valence-corrected chi connectivity index (χ0v) is 27.2. The normalized spacial score (nSPS) is 12.1. The SMILES string of the molecule is CC(C)(C)c1c2ccc(N(c3ccccn3)c3ccco3)cc2c(C(C)(C)C)c2ccc(N(c3ccccn3)c3ccco3)cc12. The largest absolute Gasteiger partial charge is 0.448 e. The van der Waals surface area contributed by atoms with Crippen molar-refractivity contribution in [2.24, 2.45) is 0 Å². The fraction of sp³-hybridized carbons (Fsp3) is 0.200. The number of pyridine rings is 2. The maximum absolute atomic E-state index is 5.93. The van der Waals surface area contributed by atoms with Crippen molar-refractivity contribution in [1.82, 2.24) is 9.97 Å². The van der Waals surface area contributed by atoms with Crippen molar-refractivity contribution in [3.05, 3.63) is 133 Å². The van der Waals surface area contributed by atoms with Gasteiger partial charge in [-0.25, -0.2) is 9.97 Å². The van der Waals surface area contributed by atoms with Gasteiger partial charge in [0, 0.05) is 24.5 Å². The van der Waals surface area contributed by atoms with E-state index in [1.807, 2.05) is 73.1 Å². The van der Waals surface area contributed by atoms with Crippen LogP contribution in [0.4, 0.5) is 34.8 Å². The molecular formula is C40H38N4O2. The van der Waals surface area contributed by atoms with Gasteiger partial charge in [0.25, 0.3) is 0 Å². The Balaban J connectivity index is 1.54. The van der Waals surface area contributed by atoms with Crippen LogP contribution in [0.5, 0.6) is 0 Å². The van der Waals surface area contributed by atoms with E-state index in [2.05, 4.69) is 87.7 Å². The second-order valence-electron chi connectivity index (χ2n) is 13.7. The third-order valence-corrected chi connectivity index (χ3v) is 8.31. The molecule has 0 amide bonds. The van der Waals surface area contributed by atoms with Crippen molar-refractivity contribution in [1.29, 1.82) is 0 Å².